The predicted octanol–water partition coefficient (Wildman–Crippen LogP) is 2.70. The number of rotatable bonds is 6. The van der Waals surface area contributed by atoms with E-state index >= 15 is 0 Å². The minimum atomic E-state index is -0.496. The predicted molar refractivity (Wildman–Crippen MR) is 114 cm³/mol. The normalized spacial score (nSPS) is 10.4. The van der Waals surface area contributed by atoms with Crippen molar-refractivity contribution in [2.24, 2.45) is 0 Å². The first kappa shape index (κ1) is 22.1. The molecular weight excluding hydrogens is 416 g/mol. The van der Waals surface area contributed by atoms with Gasteiger partial charge in [0.25, 0.3) is 0 Å². The molecule has 0 fully saturated rings. The Balaban J connectivity index is 1.67. The second-order valence-electron chi connectivity index (χ2n) is 5.80. The van der Waals surface area contributed by atoms with E-state index in [1.54, 1.807) is 37.3 Å². The van der Waals surface area contributed by atoms with E-state index in [2.05, 4.69) is 21.5 Å². The zero-order chi connectivity index (χ0) is 21.2. The standard InChI is InChI=1S/C19H19ClN4O4S/c1-12-14(20)5-2-6-15(12)21-16(25)9-10-18(27)23-24-19(29)22-17(26)8-7-13-4-3-11-28-13/h2-8,11H,9-10H2,1H3,(H,21,25)(H,23,27)(H2,22,24,26,29)/b8-7+. The van der Waals surface area contributed by atoms with Gasteiger partial charge >= 0.3 is 0 Å². The molecule has 4 N–H and O–H groups in total. The summed E-state index contributed by atoms with van der Waals surface area (Å²) < 4.78 is 5.05. The van der Waals surface area contributed by atoms with Crippen molar-refractivity contribution in [3.63, 3.8) is 0 Å². The molecule has 2 rings (SSSR count). The highest BCUT2D eigenvalue weighted by molar-refractivity contribution is 7.80. The summed E-state index contributed by atoms with van der Waals surface area (Å²) in [6.45, 7) is 1.79. The average Bonchev–Trinajstić information content (AvgIpc) is 3.20. The largest absolute Gasteiger partial charge is 0.465 e. The summed E-state index contributed by atoms with van der Waals surface area (Å²) >= 11 is 10.9. The van der Waals surface area contributed by atoms with Crippen molar-refractivity contribution in [1.82, 2.24) is 16.2 Å². The molecule has 1 aromatic carbocycles. The summed E-state index contributed by atoms with van der Waals surface area (Å²) in [5, 5.41) is 5.50. The number of carbonyl (C=O) groups is 3. The molecule has 1 aromatic heterocycles. The molecule has 10 heteroatoms. The van der Waals surface area contributed by atoms with Crippen LogP contribution in [-0.4, -0.2) is 22.8 Å². The molecule has 1 heterocycles. The highest BCUT2D eigenvalue weighted by atomic mass is 35.5. The van der Waals surface area contributed by atoms with Crippen molar-refractivity contribution in [1.29, 1.82) is 0 Å². The Morgan fingerprint density at radius 3 is 2.59 bits per heavy atom. The molecule has 0 aliphatic heterocycles. The molecule has 3 amide bonds. The Kier molecular flexibility index (Phi) is 8.38. The van der Waals surface area contributed by atoms with E-state index in [1.807, 2.05) is 0 Å². The summed E-state index contributed by atoms with van der Waals surface area (Å²) in [5.41, 5.74) is 6.04. The van der Waals surface area contributed by atoms with Crippen LogP contribution in [0.1, 0.15) is 24.2 Å². The van der Waals surface area contributed by atoms with Gasteiger partial charge in [0.05, 0.1) is 6.26 Å². The zero-order valence-electron chi connectivity index (χ0n) is 15.5. The van der Waals surface area contributed by atoms with Gasteiger partial charge in [-0.3, -0.25) is 30.6 Å². The second-order valence-corrected chi connectivity index (χ2v) is 6.62. The van der Waals surface area contributed by atoms with E-state index in [0.29, 0.717) is 16.5 Å². The van der Waals surface area contributed by atoms with Crippen LogP contribution in [0.5, 0.6) is 0 Å². The van der Waals surface area contributed by atoms with Gasteiger partial charge in [-0.25, -0.2) is 0 Å². The van der Waals surface area contributed by atoms with Crippen molar-refractivity contribution in [3.8, 4) is 0 Å². The Bertz CT molecular complexity index is 928. The van der Waals surface area contributed by atoms with Crippen molar-refractivity contribution in [2.75, 3.05) is 5.32 Å². The Morgan fingerprint density at radius 2 is 1.86 bits per heavy atom. The number of hydrazine groups is 1. The van der Waals surface area contributed by atoms with Crippen LogP contribution in [0.2, 0.25) is 5.02 Å². The van der Waals surface area contributed by atoms with Crippen LogP contribution < -0.4 is 21.5 Å². The maximum absolute atomic E-state index is 12.0. The number of nitrogens with one attached hydrogen (secondary N) is 4. The molecule has 2 aromatic rings. The molecule has 0 bridgehead atoms. The number of halogens is 1. The number of benzene rings is 1. The highest BCUT2D eigenvalue weighted by Crippen LogP contribution is 2.23. The molecule has 0 spiro atoms. The fourth-order valence-electron chi connectivity index (χ4n) is 2.10. The van der Waals surface area contributed by atoms with Crippen LogP contribution in [0, 0.1) is 6.92 Å². The van der Waals surface area contributed by atoms with Crippen molar-refractivity contribution in [2.45, 2.75) is 19.8 Å². The number of carbonyl (C=O) groups excluding carboxylic acids is 3. The second kappa shape index (κ2) is 11.0. The summed E-state index contributed by atoms with van der Waals surface area (Å²) in [7, 11) is 0. The van der Waals surface area contributed by atoms with Gasteiger partial charge in [-0.05, 0) is 55.0 Å². The summed E-state index contributed by atoms with van der Waals surface area (Å²) in [6.07, 6.45) is 4.07. The molecule has 8 nitrogen and oxygen atoms in total. The van der Waals surface area contributed by atoms with Gasteiger partial charge < -0.3 is 9.73 Å². The number of furan rings is 1. The van der Waals surface area contributed by atoms with Gasteiger partial charge in [0.1, 0.15) is 5.76 Å². The highest BCUT2D eigenvalue weighted by Gasteiger charge is 2.10. The van der Waals surface area contributed by atoms with Crippen LogP contribution in [0.4, 0.5) is 5.69 Å². The van der Waals surface area contributed by atoms with Crippen molar-refractivity contribution in [3.05, 3.63) is 59.0 Å². The first-order valence-corrected chi connectivity index (χ1v) is 9.30. The maximum Gasteiger partial charge on any atom is 0.250 e. The molecule has 0 aliphatic carbocycles. The first-order chi connectivity index (χ1) is 13.8. The average molecular weight is 435 g/mol. The minimum Gasteiger partial charge on any atom is -0.465 e. The number of anilines is 1. The van der Waals surface area contributed by atoms with E-state index in [9.17, 15) is 14.4 Å². The minimum absolute atomic E-state index is 0.0372. The van der Waals surface area contributed by atoms with Gasteiger partial charge in [0.15, 0.2) is 5.11 Å². The molecule has 152 valence electrons. The lowest BCUT2D eigenvalue weighted by molar-refractivity contribution is -0.124. The van der Waals surface area contributed by atoms with Crippen LogP contribution in [0.3, 0.4) is 0 Å². The Morgan fingerprint density at radius 1 is 1.10 bits per heavy atom. The molecule has 0 saturated heterocycles. The van der Waals surface area contributed by atoms with Gasteiger partial charge in [0.2, 0.25) is 17.7 Å². The van der Waals surface area contributed by atoms with Crippen LogP contribution >= 0.6 is 23.8 Å². The fourth-order valence-corrected chi connectivity index (χ4v) is 2.43. The summed E-state index contributed by atoms with van der Waals surface area (Å²) in [5.74, 6) is -0.779. The number of hydrogen-bond acceptors (Lipinski definition) is 5. The summed E-state index contributed by atoms with van der Waals surface area (Å²) in [6, 6.07) is 8.54. The molecule has 0 aliphatic rings. The Labute approximate surface area is 177 Å². The lowest BCUT2D eigenvalue weighted by Crippen LogP contribution is -2.48. The van der Waals surface area contributed by atoms with E-state index in [-0.39, 0.29) is 23.9 Å². The monoisotopic (exact) mass is 434 g/mol. The van der Waals surface area contributed by atoms with Crippen LogP contribution in [-0.2, 0) is 14.4 Å². The SMILES string of the molecule is Cc1c(Cl)cccc1NC(=O)CCC(=O)NNC(=S)NC(=O)/C=C/c1ccco1. The van der Waals surface area contributed by atoms with Gasteiger partial charge in [-0.1, -0.05) is 17.7 Å². The van der Waals surface area contributed by atoms with E-state index < -0.39 is 11.8 Å². The quantitative estimate of drug-likeness (QED) is 0.316. The molecule has 0 unspecified atom stereocenters. The molecule has 0 radical (unpaired) electrons. The van der Waals surface area contributed by atoms with Gasteiger partial charge in [-0.15, -0.1) is 0 Å². The van der Waals surface area contributed by atoms with E-state index in [0.717, 1.165) is 5.56 Å². The Hall–Kier alpha value is -3.17. The third-order valence-electron chi connectivity index (χ3n) is 3.62. The smallest absolute Gasteiger partial charge is 0.250 e. The first-order valence-electron chi connectivity index (χ1n) is 8.51. The maximum atomic E-state index is 12.0. The van der Waals surface area contributed by atoms with Crippen LogP contribution in [0.25, 0.3) is 6.08 Å². The lowest BCUT2D eigenvalue weighted by atomic mass is 10.2. The number of hydrogen-bond donors (Lipinski definition) is 4. The van der Waals surface area contributed by atoms with Crippen LogP contribution in [0.15, 0.2) is 47.1 Å². The van der Waals surface area contributed by atoms with E-state index in [4.69, 9.17) is 28.2 Å². The molecule has 0 saturated carbocycles. The van der Waals surface area contributed by atoms with Gasteiger partial charge in [-0.2, -0.15) is 0 Å². The van der Waals surface area contributed by atoms with Gasteiger partial charge in [0, 0.05) is 29.6 Å². The molecular formula is C19H19ClN4O4S. The lowest BCUT2D eigenvalue weighted by Gasteiger charge is -2.11. The number of thiocarbonyl (C=S) groups is 1. The fraction of sp³-hybridized carbons (Fsp3) is 0.158. The van der Waals surface area contributed by atoms with Crippen molar-refractivity contribution < 1.29 is 18.8 Å². The van der Waals surface area contributed by atoms with Crippen molar-refractivity contribution >= 4 is 58.4 Å². The molecule has 29 heavy (non-hydrogen) atoms. The molecule has 0 atom stereocenters. The third-order valence-corrected chi connectivity index (χ3v) is 4.23. The zero-order valence-corrected chi connectivity index (χ0v) is 17.0. The topological polar surface area (TPSA) is 112 Å². The van der Waals surface area contributed by atoms with E-state index in [1.165, 1.54) is 18.4 Å². The number of amides is 3. The third kappa shape index (κ3) is 7.76. The summed E-state index contributed by atoms with van der Waals surface area (Å²) in [4.78, 5) is 35.5.